The van der Waals surface area contributed by atoms with Crippen molar-refractivity contribution in [3.05, 3.63) is 56.7 Å². The minimum atomic E-state index is 0.0934. The lowest BCUT2D eigenvalue weighted by atomic mass is 10.1. The Bertz CT molecular complexity index is 830. The Labute approximate surface area is 193 Å². The summed E-state index contributed by atoms with van der Waals surface area (Å²) in [5.74, 6) is 0.0934. The van der Waals surface area contributed by atoms with Crippen molar-refractivity contribution < 1.29 is 9.53 Å². The molecule has 1 amide bonds. The zero-order valence-corrected chi connectivity index (χ0v) is 19.5. The molecule has 8 heteroatoms. The maximum atomic E-state index is 12.4. The van der Waals surface area contributed by atoms with Gasteiger partial charge in [-0.15, -0.1) is 11.3 Å². The average molecular weight is 463 g/mol. The standard InChI is InChI=1S/C23H31ClN4O2S/c24-22-6-5-21(31-22)17-26-7-9-27(10-8-26)18-23(29)25-15-19-1-3-20(4-2-19)16-28-11-13-30-14-12-28/h1-6H,7-18H2,(H,25,29). The summed E-state index contributed by atoms with van der Waals surface area (Å²) in [4.78, 5) is 20.8. The summed E-state index contributed by atoms with van der Waals surface area (Å²) in [7, 11) is 0. The Kier molecular flexibility index (Phi) is 8.35. The first kappa shape index (κ1) is 22.7. The predicted molar refractivity (Wildman–Crippen MR) is 125 cm³/mol. The number of benzene rings is 1. The van der Waals surface area contributed by atoms with E-state index in [2.05, 4.69) is 50.3 Å². The van der Waals surface area contributed by atoms with Gasteiger partial charge in [0.05, 0.1) is 24.1 Å². The van der Waals surface area contributed by atoms with Gasteiger partial charge in [0.1, 0.15) is 0 Å². The van der Waals surface area contributed by atoms with E-state index in [-0.39, 0.29) is 5.91 Å². The number of carbonyl (C=O) groups excluding carboxylic acids is 1. The van der Waals surface area contributed by atoms with Gasteiger partial charge in [0.2, 0.25) is 5.91 Å². The second kappa shape index (κ2) is 11.4. The van der Waals surface area contributed by atoms with Crippen LogP contribution in [0.5, 0.6) is 0 Å². The number of amides is 1. The third-order valence-electron chi connectivity index (χ3n) is 5.86. The molecule has 4 rings (SSSR count). The third kappa shape index (κ3) is 7.27. The molecule has 0 saturated carbocycles. The van der Waals surface area contributed by atoms with Gasteiger partial charge in [-0.05, 0) is 23.3 Å². The van der Waals surface area contributed by atoms with Gasteiger partial charge < -0.3 is 10.1 Å². The molecule has 0 aliphatic carbocycles. The van der Waals surface area contributed by atoms with Crippen LogP contribution in [0.4, 0.5) is 0 Å². The maximum Gasteiger partial charge on any atom is 0.234 e. The van der Waals surface area contributed by atoms with Gasteiger partial charge in [-0.2, -0.15) is 0 Å². The summed E-state index contributed by atoms with van der Waals surface area (Å²) in [5, 5.41) is 3.07. The average Bonchev–Trinajstić information content (AvgIpc) is 3.20. The van der Waals surface area contributed by atoms with Crippen LogP contribution in [-0.2, 0) is 29.2 Å². The Morgan fingerprint density at radius 1 is 0.871 bits per heavy atom. The fourth-order valence-corrected chi connectivity index (χ4v) is 5.13. The topological polar surface area (TPSA) is 48.1 Å². The largest absolute Gasteiger partial charge is 0.379 e. The van der Waals surface area contributed by atoms with Crippen LogP contribution in [0, 0.1) is 0 Å². The monoisotopic (exact) mass is 462 g/mol. The van der Waals surface area contributed by atoms with E-state index in [1.807, 2.05) is 6.07 Å². The van der Waals surface area contributed by atoms with Crippen molar-refractivity contribution in [2.24, 2.45) is 0 Å². The van der Waals surface area contributed by atoms with Crippen molar-refractivity contribution in [2.45, 2.75) is 19.6 Å². The van der Waals surface area contributed by atoms with E-state index in [9.17, 15) is 4.79 Å². The first-order chi connectivity index (χ1) is 15.1. The zero-order valence-electron chi connectivity index (χ0n) is 17.9. The van der Waals surface area contributed by atoms with Crippen molar-refractivity contribution in [1.29, 1.82) is 0 Å². The molecular formula is C23H31ClN4O2S. The zero-order chi connectivity index (χ0) is 21.5. The Morgan fingerprint density at radius 2 is 1.52 bits per heavy atom. The van der Waals surface area contributed by atoms with Crippen LogP contribution < -0.4 is 5.32 Å². The molecule has 0 atom stereocenters. The first-order valence-electron chi connectivity index (χ1n) is 11.0. The third-order valence-corrected chi connectivity index (χ3v) is 7.08. The molecule has 0 radical (unpaired) electrons. The number of ether oxygens (including phenoxy) is 1. The summed E-state index contributed by atoms with van der Waals surface area (Å²) in [6.45, 7) is 10.4. The highest BCUT2D eigenvalue weighted by atomic mass is 35.5. The van der Waals surface area contributed by atoms with Crippen LogP contribution in [0.3, 0.4) is 0 Å². The number of hydrogen-bond donors (Lipinski definition) is 1. The Morgan fingerprint density at radius 3 is 2.19 bits per heavy atom. The molecule has 168 valence electrons. The van der Waals surface area contributed by atoms with Gasteiger partial charge in [-0.1, -0.05) is 35.9 Å². The molecule has 0 spiro atoms. The summed E-state index contributed by atoms with van der Waals surface area (Å²) in [6.07, 6.45) is 0. The molecule has 1 aromatic heterocycles. The lowest BCUT2D eigenvalue weighted by Crippen LogP contribution is -2.48. The second-order valence-electron chi connectivity index (χ2n) is 8.24. The Hall–Kier alpha value is -1.48. The summed E-state index contributed by atoms with van der Waals surface area (Å²) >= 11 is 7.67. The molecule has 0 bridgehead atoms. The van der Waals surface area contributed by atoms with E-state index in [0.29, 0.717) is 13.1 Å². The van der Waals surface area contributed by atoms with Crippen molar-refractivity contribution in [2.75, 3.05) is 59.0 Å². The van der Waals surface area contributed by atoms with Crippen LogP contribution in [0.15, 0.2) is 36.4 Å². The van der Waals surface area contributed by atoms with Gasteiger partial charge in [0, 0.05) is 63.8 Å². The van der Waals surface area contributed by atoms with Gasteiger partial charge in [-0.25, -0.2) is 0 Å². The number of hydrogen-bond acceptors (Lipinski definition) is 6. The highest BCUT2D eigenvalue weighted by molar-refractivity contribution is 7.16. The normalized spacial score (nSPS) is 18.9. The number of nitrogens with zero attached hydrogens (tertiary/aromatic N) is 3. The number of rotatable bonds is 8. The van der Waals surface area contributed by atoms with Crippen LogP contribution in [0.2, 0.25) is 4.34 Å². The SMILES string of the molecule is O=C(CN1CCN(Cc2ccc(Cl)s2)CC1)NCc1ccc(CN2CCOCC2)cc1. The van der Waals surface area contributed by atoms with Crippen LogP contribution >= 0.6 is 22.9 Å². The van der Waals surface area contributed by atoms with Crippen molar-refractivity contribution >= 4 is 28.8 Å². The first-order valence-corrected chi connectivity index (χ1v) is 12.2. The quantitative estimate of drug-likeness (QED) is 0.653. The molecule has 2 aromatic rings. The van der Waals surface area contributed by atoms with Crippen molar-refractivity contribution in [3.8, 4) is 0 Å². The molecular weight excluding hydrogens is 432 g/mol. The molecule has 2 aliphatic rings. The van der Waals surface area contributed by atoms with Crippen LogP contribution in [-0.4, -0.2) is 79.6 Å². The molecule has 1 aromatic carbocycles. The summed E-state index contributed by atoms with van der Waals surface area (Å²) < 4.78 is 6.25. The lowest BCUT2D eigenvalue weighted by Gasteiger charge is -2.34. The Balaban J connectivity index is 1.13. The number of piperazine rings is 1. The van der Waals surface area contributed by atoms with Crippen molar-refractivity contribution in [3.63, 3.8) is 0 Å². The smallest absolute Gasteiger partial charge is 0.234 e. The van der Waals surface area contributed by atoms with Gasteiger partial charge in [0.25, 0.3) is 0 Å². The van der Waals surface area contributed by atoms with E-state index >= 15 is 0 Å². The van der Waals surface area contributed by atoms with Gasteiger partial charge in [-0.3, -0.25) is 19.5 Å². The molecule has 1 N–H and O–H groups in total. The summed E-state index contributed by atoms with van der Waals surface area (Å²) in [5.41, 5.74) is 2.44. The maximum absolute atomic E-state index is 12.4. The van der Waals surface area contributed by atoms with E-state index in [1.54, 1.807) is 11.3 Å². The highest BCUT2D eigenvalue weighted by Gasteiger charge is 2.19. The minimum absolute atomic E-state index is 0.0934. The second-order valence-corrected chi connectivity index (χ2v) is 10.0. The van der Waals surface area contributed by atoms with Gasteiger partial charge >= 0.3 is 0 Å². The molecule has 2 aliphatic heterocycles. The lowest BCUT2D eigenvalue weighted by molar-refractivity contribution is -0.122. The predicted octanol–water partition coefficient (Wildman–Crippen LogP) is 2.67. The molecule has 6 nitrogen and oxygen atoms in total. The van der Waals surface area contributed by atoms with E-state index in [4.69, 9.17) is 16.3 Å². The molecule has 31 heavy (non-hydrogen) atoms. The minimum Gasteiger partial charge on any atom is -0.379 e. The van der Waals surface area contributed by atoms with E-state index in [1.165, 1.54) is 10.4 Å². The number of carbonyl (C=O) groups is 1. The number of nitrogens with one attached hydrogen (secondary N) is 1. The number of halogens is 1. The molecule has 2 saturated heterocycles. The fraction of sp³-hybridized carbons (Fsp3) is 0.522. The van der Waals surface area contributed by atoms with Crippen molar-refractivity contribution in [1.82, 2.24) is 20.0 Å². The number of thiophene rings is 1. The van der Waals surface area contributed by atoms with E-state index in [0.717, 1.165) is 75.5 Å². The van der Waals surface area contributed by atoms with Gasteiger partial charge in [0.15, 0.2) is 0 Å². The number of morpholine rings is 1. The molecule has 3 heterocycles. The van der Waals surface area contributed by atoms with Crippen LogP contribution in [0.1, 0.15) is 16.0 Å². The fourth-order valence-electron chi connectivity index (χ4n) is 4.00. The molecule has 0 unspecified atom stereocenters. The summed E-state index contributed by atoms with van der Waals surface area (Å²) in [6, 6.07) is 12.6. The molecule has 2 fully saturated rings. The van der Waals surface area contributed by atoms with E-state index < -0.39 is 0 Å². The highest BCUT2D eigenvalue weighted by Crippen LogP contribution is 2.23. The van der Waals surface area contributed by atoms with Crippen LogP contribution in [0.25, 0.3) is 0 Å².